The lowest BCUT2D eigenvalue weighted by molar-refractivity contribution is 0.968. The number of imidazole rings is 1. The summed E-state index contributed by atoms with van der Waals surface area (Å²) in [5.74, 6) is 0.852. The predicted molar refractivity (Wildman–Crippen MR) is 65.7 cm³/mol. The topological polar surface area (TPSA) is 54.7 Å². The molecule has 0 atom stereocenters. The van der Waals surface area contributed by atoms with Crippen LogP contribution in [0.15, 0.2) is 24.4 Å². The van der Waals surface area contributed by atoms with E-state index in [2.05, 4.69) is 9.97 Å². The van der Waals surface area contributed by atoms with Crippen molar-refractivity contribution >= 4 is 23.2 Å². The zero-order chi connectivity index (χ0) is 11.5. The van der Waals surface area contributed by atoms with E-state index in [1.807, 2.05) is 12.1 Å². The first-order valence-corrected chi connectivity index (χ1v) is 5.61. The van der Waals surface area contributed by atoms with Gasteiger partial charge in [-0.2, -0.15) is 0 Å². The maximum atomic E-state index is 6.07. The molecule has 0 saturated carbocycles. The molecular weight excluding hydrogens is 245 g/mol. The molecule has 2 rings (SSSR count). The molecule has 16 heavy (non-hydrogen) atoms. The van der Waals surface area contributed by atoms with Crippen molar-refractivity contribution in [2.75, 3.05) is 0 Å². The van der Waals surface area contributed by atoms with Crippen molar-refractivity contribution in [3.63, 3.8) is 0 Å². The summed E-state index contributed by atoms with van der Waals surface area (Å²) in [5.41, 5.74) is 7.40. The minimum atomic E-state index is 0.460. The second-order valence-electron chi connectivity index (χ2n) is 3.47. The lowest BCUT2D eigenvalue weighted by Gasteiger charge is -2.02. The average molecular weight is 256 g/mol. The highest BCUT2D eigenvalue weighted by Gasteiger charge is 2.05. The molecule has 0 aliphatic carbocycles. The fraction of sp³-hybridized carbons (Fsp3) is 0.182. The Hall–Kier alpha value is -1.03. The number of aromatic nitrogens is 2. The largest absolute Gasteiger partial charge is 0.345 e. The van der Waals surface area contributed by atoms with Gasteiger partial charge >= 0.3 is 0 Å². The average Bonchev–Trinajstić information content (AvgIpc) is 2.70. The predicted octanol–water partition coefficient (Wildman–Crippen LogP) is 2.77. The Kier molecular flexibility index (Phi) is 3.49. The number of rotatable bonds is 3. The quantitative estimate of drug-likeness (QED) is 0.887. The molecule has 1 aromatic heterocycles. The van der Waals surface area contributed by atoms with Gasteiger partial charge in [-0.25, -0.2) is 4.98 Å². The third-order valence-electron chi connectivity index (χ3n) is 2.27. The SMILES string of the molecule is NCc1cnc(Cc2ccc(Cl)cc2Cl)[nH]1. The highest BCUT2D eigenvalue weighted by Crippen LogP contribution is 2.22. The van der Waals surface area contributed by atoms with Gasteiger partial charge in [0.1, 0.15) is 5.82 Å². The van der Waals surface area contributed by atoms with Crippen molar-refractivity contribution in [1.82, 2.24) is 9.97 Å². The van der Waals surface area contributed by atoms with Gasteiger partial charge < -0.3 is 10.7 Å². The van der Waals surface area contributed by atoms with Gasteiger partial charge in [-0.05, 0) is 17.7 Å². The summed E-state index contributed by atoms with van der Waals surface area (Å²) in [6.45, 7) is 0.460. The van der Waals surface area contributed by atoms with Crippen molar-refractivity contribution < 1.29 is 0 Å². The van der Waals surface area contributed by atoms with Crippen LogP contribution in [0.4, 0.5) is 0 Å². The monoisotopic (exact) mass is 255 g/mol. The van der Waals surface area contributed by atoms with Crippen LogP contribution in [-0.2, 0) is 13.0 Å². The molecule has 0 spiro atoms. The van der Waals surface area contributed by atoms with Crippen LogP contribution in [0.2, 0.25) is 10.0 Å². The number of aromatic amines is 1. The molecule has 0 bridgehead atoms. The van der Waals surface area contributed by atoms with Gasteiger partial charge in [-0.1, -0.05) is 29.3 Å². The molecule has 2 aromatic rings. The number of hydrogen-bond donors (Lipinski definition) is 2. The molecule has 0 unspecified atom stereocenters. The minimum Gasteiger partial charge on any atom is -0.345 e. The van der Waals surface area contributed by atoms with E-state index in [0.717, 1.165) is 17.1 Å². The van der Waals surface area contributed by atoms with E-state index in [0.29, 0.717) is 23.0 Å². The van der Waals surface area contributed by atoms with E-state index in [-0.39, 0.29) is 0 Å². The number of nitrogens with zero attached hydrogens (tertiary/aromatic N) is 1. The first kappa shape index (κ1) is 11.5. The standard InChI is InChI=1S/C11H11Cl2N3/c12-8-2-1-7(10(13)4-8)3-11-15-6-9(5-14)16-11/h1-2,4,6H,3,5,14H2,(H,15,16). The molecule has 0 amide bonds. The Bertz CT molecular complexity index is 494. The summed E-state index contributed by atoms with van der Waals surface area (Å²) in [7, 11) is 0. The number of H-pyrrole nitrogens is 1. The van der Waals surface area contributed by atoms with E-state index in [1.54, 1.807) is 12.3 Å². The van der Waals surface area contributed by atoms with Gasteiger partial charge in [-0.3, -0.25) is 0 Å². The van der Waals surface area contributed by atoms with Crippen LogP contribution < -0.4 is 5.73 Å². The van der Waals surface area contributed by atoms with Crippen LogP contribution in [-0.4, -0.2) is 9.97 Å². The first-order chi connectivity index (χ1) is 7.69. The Morgan fingerprint density at radius 1 is 1.31 bits per heavy atom. The van der Waals surface area contributed by atoms with Crippen LogP contribution in [0.25, 0.3) is 0 Å². The third-order valence-corrected chi connectivity index (χ3v) is 2.86. The zero-order valence-corrected chi connectivity index (χ0v) is 10.0. The van der Waals surface area contributed by atoms with Crippen molar-refractivity contribution in [3.8, 4) is 0 Å². The molecular formula is C11H11Cl2N3. The first-order valence-electron chi connectivity index (χ1n) is 4.86. The summed E-state index contributed by atoms with van der Waals surface area (Å²) >= 11 is 11.9. The fourth-order valence-corrected chi connectivity index (χ4v) is 1.92. The van der Waals surface area contributed by atoms with Crippen LogP contribution in [0.5, 0.6) is 0 Å². The Morgan fingerprint density at radius 2 is 2.12 bits per heavy atom. The second-order valence-corrected chi connectivity index (χ2v) is 4.32. The van der Waals surface area contributed by atoms with Crippen LogP contribution in [0, 0.1) is 0 Å². The van der Waals surface area contributed by atoms with Gasteiger partial charge in [0.25, 0.3) is 0 Å². The maximum absolute atomic E-state index is 6.07. The van der Waals surface area contributed by atoms with Crippen molar-refractivity contribution in [2.24, 2.45) is 5.73 Å². The number of nitrogens with two attached hydrogens (primary N) is 1. The highest BCUT2D eigenvalue weighted by molar-refractivity contribution is 6.35. The lowest BCUT2D eigenvalue weighted by atomic mass is 10.1. The molecule has 1 aromatic carbocycles. The molecule has 0 fully saturated rings. The third kappa shape index (κ3) is 2.55. The molecule has 3 N–H and O–H groups in total. The van der Waals surface area contributed by atoms with Gasteiger partial charge in [-0.15, -0.1) is 0 Å². The zero-order valence-electron chi connectivity index (χ0n) is 8.50. The van der Waals surface area contributed by atoms with E-state index >= 15 is 0 Å². The fourth-order valence-electron chi connectivity index (χ4n) is 1.44. The van der Waals surface area contributed by atoms with Gasteiger partial charge in [0, 0.05) is 34.9 Å². The Labute approximate surface area is 104 Å². The Morgan fingerprint density at radius 3 is 2.75 bits per heavy atom. The number of nitrogens with one attached hydrogen (secondary N) is 1. The highest BCUT2D eigenvalue weighted by atomic mass is 35.5. The molecule has 5 heteroatoms. The van der Waals surface area contributed by atoms with Crippen molar-refractivity contribution in [2.45, 2.75) is 13.0 Å². The van der Waals surface area contributed by atoms with E-state index in [1.165, 1.54) is 0 Å². The summed E-state index contributed by atoms with van der Waals surface area (Å²) in [5, 5.41) is 1.29. The lowest BCUT2D eigenvalue weighted by Crippen LogP contribution is -1.97. The smallest absolute Gasteiger partial charge is 0.110 e. The molecule has 84 valence electrons. The normalized spacial score (nSPS) is 10.7. The molecule has 0 saturated heterocycles. The molecule has 0 radical (unpaired) electrons. The van der Waals surface area contributed by atoms with Gasteiger partial charge in [0.2, 0.25) is 0 Å². The minimum absolute atomic E-state index is 0.460. The van der Waals surface area contributed by atoms with Crippen molar-refractivity contribution in [1.29, 1.82) is 0 Å². The van der Waals surface area contributed by atoms with Crippen LogP contribution >= 0.6 is 23.2 Å². The van der Waals surface area contributed by atoms with Gasteiger partial charge in [0.15, 0.2) is 0 Å². The van der Waals surface area contributed by atoms with E-state index < -0.39 is 0 Å². The summed E-state index contributed by atoms with van der Waals surface area (Å²) < 4.78 is 0. The molecule has 0 aliphatic heterocycles. The summed E-state index contributed by atoms with van der Waals surface area (Å²) in [6, 6.07) is 5.44. The van der Waals surface area contributed by atoms with Crippen LogP contribution in [0.1, 0.15) is 17.1 Å². The molecule has 3 nitrogen and oxygen atoms in total. The van der Waals surface area contributed by atoms with Crippen molar-refractivity contribution in [3.05, 3.63) is 51.5 Å². The summed E-state index contributed by atoms with van der Waals surface area (Å²) in [6.07, 6.45) is 2.38. The van der Waals surface area contributed by atoms with E-state index in [9.17, 15) is 0 Å². The van der Waals surface area contributed by atoms with E-state index in [4.69, 9.17) is 28.9 Å². The van der Waals surface area contributed by atoms with Gasteiger partial charge in [0.05, 0.1) is 0 Å². The Balaban J connectivity index is 2.20. The number of halogens is 2. The van der Waals surface area contributed by atoms with Crippen LogP contribution in [0.3, 0.4) is 0 Å². The molecule has 0 aliphatic rings. The number of benzene rings is 1. The second kappa shape index (κ2) is 4.87. The number of hydrogen-bond acceptors (Lipinski definition) is 2. The summed E-state index contributed by atoms with van der Waals surface area (Å²) in [4.78, 5) is 7.34. The maximum Gasteiger partial charge on any atom is 0.110 e. The molecule has 1 heterocycles.